The van der Waals surface area contributed by atoms with E-state index in [0.29, 0.717) is 6.04 Å². The Hall–Kier alpha value is -0.0500. The minimum atomic E-state index is 0. The van der Waals surface area contributed by atoms with Crippen molar-refractivity contribution in [3.05, 3.63) is 33.8 Å². The lowest BCUT2D eigenvalue weighted by Gasteiger charge is -2.23. The maximum absolute atomic E-state index is 3.49. The smallest absolute Gasteiger partial charge is 0.0210 e. The van der Waals surface area contributed by atoms with E-state index in [0.717, 1.165) is 13.0 Å². The summed E-state index contributed by atoms with van der Waals surface area (Å²) < 4.78 is 1.19. The van der Waals surface area contributed by atoms with Crippen molar-refractivity contribution in [2.24, 2.45) is 0 Å². The maximum Gasteiger partial charge on any atom is 0.0210 e. The van der Waals surface area contributed by atoms with Crippen LogP contribution in [0.3, 0.4) is 0 Å². The number of rotatable bonds is 0. The maximum atomic E-state index is 3.49. The van der Waals surface area contributed by atoms with Crippen LogP contribution in [0.1, 0.15) is 18.1 Å². The number of hydrogen-bond acceptors (Lipinski definition) is 1. The summed E-state index contributed by atoms with van der Waals surface area (Å²) in [5, 5.41) is 3.44. The molecule has 2 rings (SSSR count). The van der Waals surface area contributed by atoms with Crippen molar-refractivity contribution in [1.82, 2.24) is 5.32 Å². The quantitative estimate of drug-likeness (QED) is 0.758. The van der Waals surface area contributed by atoms with E-state index in [1.165, 1.54) is 15.6 Å². The fourth-order valence-corrected chi connectivity index (χ4v) is 2.05. The van der Waals surface area contributed by atoms with Gasteiger partial charge in [0, 0.05) is 17.1 Å². The van der Waals surface area contributed by atoms with Crippen LogP contribution in [0, 0.1) is 0 Å². The highest BCUT2D eigenvalue weighted by Gasteiger charge is 2.13. The fraction of sp³-hybridized carbons (Fsp3) is 0.400. The van der Waals surface area contributed by atoms with Crippen molar-refractivity contribution < 1.29 is 0 Å². The second-order valence-corrected chi connectivity index (χ2v) is 4.31. The predicted molar refractivity (Wildman–Crippen MR) is 61.4 cm³/mol. The largest absolute Gasteiger partial charge is 0.310 e. The molecule has 1 heterocycles. The van der Waals surface area contributed by atoms with Crippen molar-refractivity contribution in [2.75, 3.05) is 0 Å². The molecule has 1 aromatic carbocycles. The molecule has 0 aromatic heterocycles. The SMILES string of the molecule is C[C@H]1Cc2cc(Br)ccc2CN1.Cl. The molecule has 1 aliphatic rings. The summed E-state index contributed by atoms with van der Waals surface area (Å²) in [7, 11) is 0. The molecule has 0 fully saturated rings. The summed E-state index contributed by atoms with van der Waals surface area (Å²) in [5.41, 5.74) is 2.92. The monoisotopic (exact) mass is 261 g/mol. The molecule has 0 saturated carbocycles. The van der Waals surface area contributed by atoms with Crippen molar-refractivity contribution in [2.45, 2.75) is 25.9 Å². The zero-order valence-corrected chi connectivity index (χ0v) is 9.91. The first-order valence-electron chi connectivity index (χ1n) is 4.26. The van der Waals surface area contributed by atoms with Crippen LogP contribution in [0.5, 0.6) is 0 Å². The summed E-state index contributed by atoms with van der Waals surface area (Å²) in [6.45, 7) is 3.24. The van der Waals surface area contributed by atoms with Crippen LogP contribution < -0.4 is 5.32 Å². The van der Waals surface area contributed by atoms with Gasteiger partial charge >= 0.3 is 0 Å². The highest BCUT2D eigenvalue weighted by molar-refractivity contribution is 9.10. The molecular formula is C10H13BrClN. The molecule has 0 bridgehead atoms. The molecule has 1 nitrogen and oxygen atoms in total. The Balaban J connectivity index is 0.000000845. The first kappa shape index (κ1) is 11.0. The number of hydrogen-bond donors (Lipinski definition) is 1. The third-order valence-electron chi connectivity index (χ3n) is 2.34. The standard InChI is InChI=1S/C10H12BrN.ClH/c1-7-4-9-5-10(11)3-2-8(9)6-12-7;/h2-3,5,7,12H,4,6H2,1H3;1H/t7-;/m0./s1. The van der Waals surface area contributed by atoms with E-state index in [-0.39, 0.29) is 12.4 Å². The summed E-state index contributed by atoms with van der Waals surface area (Å²) >= 11 is 3.49. The summed E-state index contributed by atoms with van der Waals surface area (Å²) in [4.78, 5) is 0. The number of nitrogens with one attached hydrogen (secondary N) is 1. The van der Waals surface area contributed by atoms with Gasteiger partial charge in [-0.25, -0.2) is 0 Å². The van der Waals surface area contributed by atoms with Crippen LogP contribution in [0.25, 0.3) is 0 Å². The van der Waals surface area contributed by atoms with Gasteiger partial charge in [0.05, 0.1) is 0 Å². The number of benzene rings is 1. The first-order valence-corrected chi connectivity index (χ1v) is 5.05. The molecule has 72 valence electrons. The normalized spacial score (nSPS) is 20.3. The molecule has 1 N–H and O–H groups in total. The second-order valence-electron chi connectivity index (χ2n) is 3.40. The molecule has 0 radical (unpaired) electrons. The molecule has 0 unspecified atom stereocenters. The molecule has 1 atom stereocenters. The minimum Gasteiger partial charge on any atom is -0.310 e. The third-order valence-corrected chi connectivity index (χ3v) is 2.83. The molecule has 1 aliphatic heterocycles. The van der Waals surface area contributed by atoms with Gasteiger partial charge in [0.2, 0.25) is 0 Å². The molecular weight excluding hydrogens is 249 g/mol. The average Bonchev–Trinajstić information content (AvgIpc) is 2.03. The van der Waals surface area contributed by atoms with Crippen molar-refractivity contribution in [1.29, 1.82) is 0 Å². The van der Waals surface area contributed by atoms with Crippen LogP contribution >= 0.6 is 28.3 Å². The minimum absolute atomic E-state index is 0. The van der Waals surface area contributed by atoms with Gasteiger partial charge in [-0.05, 0) is 36.6 Å². The lowest BCUT2D eigenvalue weighted by Crippen LogP contribution is -2.32. The molecule has 0 aliphatic carbocycles. The van der Waals surface area contributed by atoms with Crippen molar-refractivity contribution >= 4 is 28.3 Å². The lowest BCUT2D eigenvalue weighted by atomic mass is 9.97. The first-order chi connectivity index (χ1) is 5.75. The lowest BCUT2D eigenvalue weighted by molar-refractivity contribution is 0.513. The average molecular weight is 263 g/mol. The molecule has 0 amide bonds. The Morgan fingerprint density at radius 3 is 2.92 bits per heavy atom. The van der Waals surface area contributed by atoms with E-state index in [4.69, 9.17) is 0 Å². The second kappa shape index (κ2) is 4.45. The highest BCUT2D eigenvalue weighted by Crippen LogP contribution is 2.20. The van der Waals surface area contributed by atoms with Gasteiger partial charge in [-0.2, -0.15) is 0 Å². The Bertz CT molecular complexity index is 301. The van der Waals surface area contributed by atoms with Crippen LogP contribution in [0.2, 0.25) is 0 Å². The Labute approximate surface area is 93.5 Å². The Morgan fingerprint density at radius 1 is 1.38 bits per heavy atom. The van der Waals surface area contributed by atoms with E-state index in [1.54, 1.807) is 0 Å². The molecule has 0 saturated heterocycles. The van der Waals surface area contributed by atoms with Gasteiger partial charge < -0.3 is 5.32 Å². The van der Waals surface area contributed by atoms with E-state index in [9.17, 15) is 0 Å². The molecule has 0 spiro atoms. The predicted octanol–water partition coefficient (Wildman–Crippen LogP) is 2.91. The van der Waals surface area contributed by atoms with Crippen molar-refractivity contribution in [3.8, 4) is 0 Å². The van der Waals surface area contributed by atoms with Gasteiger partial charge in [-0.1, -0.05) is 22.0 Å². The summed E-state index contributed by atoms with van der Waals surface area (Å²) in [5.74, 6) is 0. The van der Waals surface area contributed by atoms with Crippen LogP contribution in [0.15, 0.2) is 22.7 Å². The van der Waals surface area contributed by atoms with Gasteiger partial charge in [-0.3, -0.25) is 0 Å². The van der Waals surface area contributed by atoms with Gasteiger partial charge in [-0.15, -0.1) is 12.4 Å². The van der Waals surface area contributed by atoms with Crippen LogP contribution in [0.4, 0.5) is 0 Å². The topological polar surface area (TPSA) is 12.0 Å². The zero-order chi connectivity index (χ0) is 8.55. The van der Waals surface area contributed by atoms with E-state index in [2.05, 4.69) is 46.4 Å². The molecule has 3 heteroatoms. The Morgan fingerprint density at radius 2 is 2.15 bits per heavy atom. The third kappa shape index (κ3) is 2.46. The molecule has 1 aromatic rings. The van der Waals surface area contributed by atoms with Crippen LogP contribution in [-0.2, 0) is 13.0 Å². The molecule has 13 heavy (non-hydrogen) atoms. The van der Waals surface area contributed by atoms with E-state index in [1.807, 2.05) is 0 Å². The Kier molecular flexibility index (Phi) is 3.77. The number of halogens is 2. The zero-order valence-electron chi connectivity index (χ0n) is 7.51. The number of fused-ring (bicyclic) bond motifs is 1. The summed E-state index contributed by atoms with van der Waals surface area (Å²) in [6, 6.07) is 7.15. The van der Waals surface area contributed by atoms with Gasteiger partial charge in [0.25, 0.3) is 0 Å². The van der Waals surface area contributed by atoms with Gasteiger partial charge in [0.15, 0.2) is 0 Å². The van der Waals surface area contributed by atoms with Crippen molar-refractivity contribution in [3.63, 3.8) is 0 Å². The van der Waals surface area contributed by atoms with Gasteiger partial charge in [0.1, 0.15) is 0 Å². The van der Waals surface area contributed by atoms with E-state index < -0.39 is 0 Å². The fourth-order valence-electron chi connectivity index (χ4n) is 1.64. The van der Waals surface area contributed by atoms with E-state index >= 15 is 0 Å². The highest BCUT2D eigenvalue weighted by atomic mass is 79.9. The summed E-state index contributed by atoms with van der Waals surface area (Å²) in [6.07, 6.45) is 1.15. The van der Waals surface area contributed by atoms with Crippen LogP contribution in [-0.4, -0.2) is 6.04 Å².